The van der Waals surface area contributed by atoms with Crippen LogP contribution < -0.4 is 10.5 Å². The fraction of sp³-hybridized carbons (Fsp3) is 0.111. The van der Waals surface area contributed by atoms with Gasteiger partial charge in [0.05, 0.1) is 11.2 Å². The number of oxazole rings is 1. The molecule has 0 aliphatic heterocycles. The molecule has 0 bridgehead atoms. The topological polar surface area (TPSA) is 78.4 Å². The molecule has 0 spiro atoms. The van der Waals surface area contributed by atoms with Crippen molar-refractivity contribution in [1.82, 2.24) is 4.98 Å². The molecule has 2 aromatic carbocycles. The Morgan fingerprint density at radius 2 is 2.00 bits per heavy atom. The molecule has 1 amide bonds. The number of rotatable bonds is 6. The first-order chi connectivity index (χ1) is 12.0. The molecule has 0 aliphatic carbocycles. The van der Waals surface area contributed by atoms with E-state index in [1.165, 1.54) is 18.5 Å². The summed E-state index contributed by atoms with van der Waals surface area (Å²) < 4.78 is 25.4. The van der Waals surface area contributed by atoms with Crippen LogP contribution in [0.5, 0.6) is 11.5 Å². The number of aryl methyl sites for hydroxylation is 1. The van der Waals surface area contributed by atoms with Crippen LogP contribution >= 0.6 is 11.6 Å². The van der Waals surface area contributed by atoms with E-state index in [0.717, 1.165) is 5.56 Å². The second-order valence-corrected chi connectivity index (χ2v) is 5.72. The van der Waals surface area contributed by atoms with Crippen molar-refractivity contribution in [2.75, 3.05) is 0 Å². The monoisotopic (exact) mass is 360 g/mol. The van der Waals surface area contributed by atoms with E-state index in [1.807, 2.05) is 0 Å². The lowest BCUT2D eigenvalue weighted by atomic mass is 10.1. The van der Waals surface area contributed by atoms with Gasteiger partial charge in [0.2, 0.25) is 5.91 Å². The number of aromatic nitrogens is 1. The maximum absolute atomic E-state index is 14.6. The lowest BCUT2D eigenvalue weighted by Crippen LogP contribution is -2.11. The van der Waals surface area contributed by atoms with Crippen LogP contribution in [-0.2, 0) is 11.2 Å². The standard InChI is InChI=1S/C18H14ClFN2O3/c19-14-7-3-12(4-8-16(21)23)17(20)18(14)25-13-5-1-11(2-6-13)15-9-22-10-24-15/h1-3,5-7,9-10H,4,8H2,(H2,21,23). The summed E-state index contributed by atoms with van der Waals surface area (Å²) in [7, 11) is 0. The summed E-state index contributed by atoms with van der Waals surface area (Å²) in [5.74, 6) is -0.163. The number of nitrogens with zero attached hydrogens (tertiary/aromatic N) is 1. The Kier molecular flexibility index (Phi) is 5.00. The largest absolute Gasteiger partial charge is 0.453 e. The SMILES string of the molecule is NC(=O)CCc1ccc(Cl)c(Oc2ccc(-c3cnco3)cc2)c1F. The number of hydrogen-bond donors (Lipinski definition) is 1. The fourth-order valence-corrected chi connectivity index (χ4v) is 2.47. The van der Waals surface area contributed by atoms with Gasteiger partial charge in [0.25, 0.3) is 0 Å². The first kappa shape index (κ1) is 17.0. The van der Waals surface area contributed by atoms with Gasteiger partial charge >= 0.3 is 0 Å². The highest BCUT2D eigenvalue weighted by Crippen LogP contribution is 2.35. The maximum atomic E-state index is 14.6. The van der Waals surface area contributed by atoms with Crippen molar-refractivity contribution in [3.8, 4) is 22.8 Å². The molecule has 128 valence electrons. The molecule has 1 heterocycles. The average molecular weight is 361 g/mol. The molecule has 3 aromatic rings. The molecule has 1 aromatic heterocycles. The molecule has 0 fully saturated rings. The van der Waals surface area contributed by atoms with Gasteiger partial charge in [-0.2, -0.15) is 0 Å². The van der Waals surface area contributed by atoms with Gasteiger partial charge in [-0.3, -0.25) is 4.79 Å². The lowest BCUT2D eigenvalue weighted by Gasteiger charge is -2.12. The molecule has 0 saturated carbocycles. The predicted octanol–water partition coefficient (Wildman–Crippen LogP) is 4.34. The third-order valence-corrected chi connectivity index (χ3v) is 3.86. The van der Waals surface area contributed by atoms with E-state index < -0.39 is 11.7 Å². The molecule has 7 heteroatoms. The minimum absolute atomic E-state index is 0.0455. The highest BCUT2D eigenvalue weighted by atomic mass is 35.5. The minimum atomic E-state index is -0.604. The summed E-state index contributed by atoms with van der Waals surface area (Å²) in [5.41, 5.74) is 6.23. The second kappa shape index (κ2) is 7.36. The summed E-state index contributed by atoms with van der Waals surface area (Å²) in [6.45, 7) is 0. The van der Waals surface area contributed by atoms with Crippen molar-refractivity contribution >= 4 is 17.5 Å². The van der Waals surface area contributed by atoms with Crippen LogP contribution in [0.3, 0.4) is 0 Å². The van der Waals surface area contributed by atoms with E-state index in [4.69, 9.17) is 26.5 Å². The molecule has 2 N–H and O–H groups in total. The van der Waals surface area contributed by atoms with Crippen molar-refractivity contribution < 1.29 is 18.3 Å². The van der Waals surface area contributed by atoms with Gasteiger partial charge in [0.15, 0.2) is 23.7 Å². The maximum Gasteiger partial charge on any atom is 0.217 e. The Bertz CT molecular complexity index is 880. The van der Waals surface area contributed by atoms with Gasteiger partial charge in [-0.25, -0.2) is 9.37 Å². The smallest absolute Gasteiger partial charge is 0.217 e. The van der Waals surface area contributed by atoms with E-state index in [0.29, 0.717) is 17.1 Å². The molecule has 0 saturated heterocycles. The Morgan fingerprint density at radius 1 is 1.24 bits per heavy atom. The third-order valence-electron chi connectivity index (χ3n) is 3.56. The van der Waals surface area contributed by atoms with Gasteiger partial charge in [-0.05, 0) is 42.3 Å². The molecule has 25 heavy (non-hydrogen) atoms. The van der Waals surface area contributed by atoms with Gasteiger partial charge in [0.1, 0.15) is 5.75 Å². The number of benzene rings is 2. The lowest BCUT2D eigenvalue weighted by molar-refractivity contribution is -0.117. The summed E-state index contributed by atoms with van der Waals surface area (Å²) in [5, 5.41) is 0.139. The van der Waals surface area contributed by atoms with E-state index in [2.05, 4.69) is 4.98 Å². The van der Waals surface area contributed by atoms with Crippen LogP contribution in [0.1, 0.15) is 12.0 Å². The number of hydrogen-bond acceptors (Lipinski definition) is 4. The zero-order valence-corrected chi connectivity index (χ0v) is 13.8. The Hall–Kier alpha value is -2.86. The summed E-state index contributed by atoms with van der Waals surface area (Å²) >= 11 is 6.05. The number of nitrogens with two attached hydrogens (primary N) is 1. The van der Waals surface area contributed by atoms with E-state index in [9.17, 15) is 9.18 Å². The molecule has 5 nitrogen and oxygen atoms in total. The zero-order valence-electron chi connectivity index (χ0n) is 13.0. The Labute approximate surface area is 148 Å². The highest BCUT2D eigenvalue weighted by molar-refractivity contribution is 6.32. The summed E-state index contributed by atoms with van der Waals surface area (Å²) in [6.07, 6.45) is 3.16. The van der Waals surface area contributed by atoms with Gasteiger partial charge < -0.3 is 14.9 Å². The molecule has 0 radical (unpaired) electrons. The van der Waals surface area contributed by atoms with Gasteiger partial charge in [-0.1, -0.05) is 17.7 Å². The quantitative estimate of drug-likeness (QED) is 0.709. The Morgan fingerprint density at radius 3 is 2.64 bits per heavy atom. The first-order valence-electron chi connectivity index (χ1n) is 7.46. The van der Waals surface area contributed by atoms with Crippen molar-refractivity contribution in [3.05, 3.63) is 65.4 Å². The van der Waals surface area contributed by atoms with Crippen LogP contribution in [0.2, 0.25) is 5.02 Å². The fourth-order valence-electron chi connectivity index (χ4n) is 2.28. The second-order valence-electron chi connectivity index (χ2n) is 5.31. The van der Waals surface area contributed by atoms with Crippen LogP contribution in [0.4, 0.5) is 4.39 Å². The van der Waals surface area contributed by atoms with Gasteiger partial charge in [-0.15, -0.1) is 0 Å². The van der Waals surface area contributed by atoms with Gasteiger partial charge in [0, 0.05) is 12.0 Å². The normalized spacial score (nSPS) is 10.6. The zero-order chi connectivity index (χ0) is 17.8. The molecule has 3 rings (SSSR count). The van der Waals surface area contributed by atoms with Crippen molar-refractivity contribution in [2.24, 2.45) is 5.73 Å². The first-order valence-corrected chi connectivity index (χ1v) is 7.84. The number of ether oxygens (including phenoxy) is 1. The number of primary amides is 1. The van der Waals surface area contributed by atoms with Crippen LogP contribution in [0.25, 0.3) is 11.3 Å². The molecular formula is C18H14ClFN2O3. The third kappa shape index (κ3) is 3.97. The van der Waals surface area contributed by atoms with Crippen LogP contribution in [0, 0.1) is 5.82 Å². The van der Waals surface area contributed by atoms with Crippen molar-refractivity contribution in [1.29, 1.82) is 0 Å². The van der Waals surface area contributed by atoms with E-state index in [-0.39, 0.29) is 23.6 Å². The van der Waals surface area contributed by atoms with E-state index >= 15 is 0 Å². The van der Waals surface area contributed by atoms with E-state index in [1.54, 1.807) is 30.5 Å². The summed E-state index contributed by atoms with van der Waals surface area (Å²) in [6, 6.07) is 9.91. The molecule has 0 aliphatic rings. The highest BCUT2D eigenvalue weighted by Gasteiger charge is 2.15. The number of halogens is 2. The number of carbonyl (C=O) groups excluding carboxylic acids is 1. The van der Waals surface area contributed by atoms with Crippen molar-refractivity contribution in [3.63, 3.8) is 0 Å². The minimum Gasteiger partial charge on any atom is -0.453 e. The average Bonchev–Trinajstić information content (AvgIpc) is 3.13. The summed E-state index contributed by atoms with van der Waals surface area (Å²) in [4.78, 5) is 14.7. The molecular weight excluding hydrogens is 347 g/mol. The Balaban J connectivity index is 1.82. The van der Waals surface area contributed by atoms with Crippen molar-refractivity contribution in [2.45, 2.75) is 12.8 Å². The molecule has 0 atom stereocenters. The van der Waals surface area contributed by atoms with Crippen LogP contribution in [0.15, 0.2) is 53.4 Å². The molecule has 0 unspecified atom stereocenters. The van der Waals surface area contributed by atoms with Crippen LogP contribution in [-0.4, -0.2) is 10.9 Å². The number of carbonyl (C=O) groups is 1. The number of amides is 1. The predicted molar refractivity (Wildman–Crippen MR) is 90.9 cm³/mol.